The number of hydrogen-bond donors (Lipinski definition) is 2. The first-order valence-electron chi connectivity index (χ1n) is 10.9. The van der Waals surface area contributed by atoms with Crippen LogP contribution in [0.1, 0.15) is 32.0 Å². The van der Waals surface area contributed by atoms with Crippen LogP contribution in [-0.2, 0) is 11.2 Å². The van der Waals surface area contributed by atoms with Gasteiger partial charge < -0.3 is 19.9 Å². The number of hydrogen-bond acceptors (Lipinski definition) is 9. The van der Waals surface area contributed by atoms with E-state index in [-0.39, 0.29) is 24.8 Å². The van der Waals surface area contributed by atoms with Crippen molar-refractivity contribution in [3.63, 3.8) is 0 Å². The minimum Gasteiger partial charge on any atom is -0.391 e. The molecule has 0 aliphatic carbocycles. The lowest BCUT2D eigenvalue weighted by Gasteiger charge is -2.23. The molecule has 33 heavy (non-hydrogen) atoms. The number of aliphatic hydroxyl groups is 1. The molecule has 2 N–H and O–H groups in total. The highest BCUT2D eigenvalue weighted by Crippen LogP contribution is 2.28. The van der Waals surface area contributed by atoms with Crippen LogP contribution in [0.4, 0.5) is 17.6 Å². The molecule has 1 saturated heterocycles. The number of rotatable bonds is 7. The highest BCUT2D eigenvalue weighted by Gasteiger charge is 2.38. The zero-order valence-electron chi connectivity index (χ0n) is 18.4. The molecule has 1 fully saturated rings. The fourth-order valence-electron chi connectivity index (χ4n) is 4.00. The van der Waals surface area contributed by atoms with E-state index in [1.165, 1.54) is 0 Å². The van der Waals surface area contributed by atoms with Gasteiger partial charge in [-0.3, -0.25) is 14.8 Å². The molecule has 1 aliphatic rings. The number of Topliss-reactive ketones (excluding diaryl/α,β-unsaturated/α-hetero) is 1. The van der Waals surface area contributed by atoms with Gasteiger partial charge in [-0.2, -0.15) is 4.98 Å². The third-order valence-electron chi connectivity index (χ3n) is 5.70. The number of ketones is 1. The van der Waals surface area contributed by atoms with E-state index in [4.69, 9.17) is 4.98 Å². The number of imidazole rings is 1. The molecule has 0 unspecified atom stereocenters. The van der Waals surface area contributed by atoms with Crippen molar-refractivity contribution in [1.29, 1.82) is 0 Å². The summed E-state index contributed by atoms with van der Waals surface area (Å²) < 4.78 is 3.71. The second-order valence-corrected chi connectivity index (χ2v) is 8.42. The van der Waals surface area contributed by atoms with Crippen molar-refractivity contribution < 1.29 is 9.90 Å². The molecular weight excluding hydrogens is 422 g/mol. The van der Waals surface area contributed by atoms with Gasteiger partial charge in [-0.15, -0.1) is 5.10 Å². The van der Waals surface area contributed by atoms with Crippen LogP contribution in [0.15, 0.2) is 49.4 Å². The molecule has 170 valence electrons. The van der Waals surface area contributed by atoms with Crippen molar-refractivity contribution in [3.8, 4) is 0 Å². The van der Waals surface area contributed by atoms with Crippen LogP contribution in [0.25, 0.3) is 5.52 Å². The number of nitrogens with one attached hydrogen (secondary N) is 1. The number of fused-ring (bicyclic) bond motifs is 1. The molecule has 5 heterocycles. The second kappa shape index (κ2) is 8.58. The molecule has 0 saturated carbocycles. The summed E-state index contributed by atoms with van der Waals surface area (Å²) in [6, 6.07) is 3.51. The van der Waals surface area contributed by atoms with Gasteiger partial charge >= 0.3 is 0 Å². The lowest BCUT2D eigenvalue weighted by atomic mass is 10.1. The Labute approximate surface area is 190 Å². The SMILES string of the molecule is CC(C)n1cnc(Nc2nc(N3C[C@@H](O)C[C@H]3C(=O)Cc3cnccn3)nn3cccc23)c1. The highest BCUT2D eigenvalue weighted by molar-refractivity contribution is 5.89. The number of nitrogens with zero attached hydrogens (tertiary/aromatic N) is 8. The smallest absolute Gasteiger partial charge is 0.246 e. The van der Waals surface area contributed by atoms with E-state index in [2.05, 4.69) is 39.2 Å². The van der Waals surface area contributed by atoms with Crippen molar-refractivity contribution in [2.75, 3.05) is 16.8 Å². The highest BCUT2D eigenvalue weighted by atomic mass is 16.3. The average Bonchev–Trinajstić information content (AvgIpc) is 3.53. The predicted octanol–water partition coefficient (Wildman–Crippen LogP) is 1.79. The topological polar surface area (TPSA) is 126 Å². The number of anilines is 3. The quantitative estimate of drug-likeness (QED) is 0.436. The normalized spacial score (nSPS) is 18.4. The molecule has 2 atom stereocenters. The van der Waals surface area contributed by atoms with Crippen LogP contribution >= 0.6 is 0 Å². The standard InChI is InChI=1S/C22H25N9O2/c1-14(2)29-12-20(25-13-29)26-21-17-4-3-7-31(17)28-22(27-21)30-11-16(32)9-18(30)19(33)8-15-10-23-5-6-24-15/h3-7,10,12-14,16,18,32H,8-9,11H2,1-2H3,(H,26,27,28)/t16-,18-/m0/s1. The first kappa shape index (κ1) is 21.0. The van der Waals surface area contributed by atoms with Crippen LogP contribution in [0.5, 0.6) is 0 Å². The molecule has 1 aliphatic heterocycles. The Bertz CT molecular complexity index is 1270. The van der Waals surface area contributed by atoms with Crippen molar-refractivity contribution in [1.82, 2.24) is 34.1 Å². The molecule has 0 radical (unpaired) electrons. The minimum atomic E-state index is -0.650. The lowest BCUT2D eigenvalue weighted by molar-refractivity contribution is -0.119. The van der Waals surface area contributed by atoms with Gasteiger partial charge in [0.25, 0.3) is 0 Å². The van der Waals surface area contributed by atoms with Crippen molar-refractivity contribution >= 4 is 28.9 Å². The Morgan fingerprint density at radius 2 is 2.18 bits per heavy atom. The fourth-order valence-corrected chi connectivity index (χ4v) is 4.00. The number of β-amino-alcohol motifs (C(OH)–C–C–N with tert-alkyl or cyclic N) is 1. The van der Waals surface area contributed by atoms with Gasteiger partial charge in [-0.25, -0.2) is 9.50 Å². The van der Waals surface area contributed by atoms with Crippen LogP contribution in [0.3, 0.4) is 0 Å². The molecule has 4 aromatic heterocycles. The van der Waals surface area contributed by atoms with Crippen molar-refractivity contribution in [2.45, 2.75) is 44.9 Å². The van der Waals surface area contributed by atoms with Crippen LogP contribution < -0.4 is 10.2 Å². The maximum absolute atomic E-state index is 13.1. The maximum Gasteiger partial charge on any atom is 0.246 e. The summed E-state index contributed by atoms with van der Waals surface area (Å²) in [4.78, 5) is 32.2. The summed E-state index contributed by atoms with van der Waals surface area (Å²) >= 11 is 0. The van der Waals surface area contributed by atoms with Crippen LogP contribution in [0.2, 0.25) is 0 Å². The Hall–Kier alpha value is -3.86. The molecule has 4 aromatic rings. The van der Waals surface area contributed by atoms with Gasteiger partial charge in [-0.05, 0) is 26.0 Å². The van der Waals surface area contributed by atoms with E-state index in [9.17, 15) is 9.90 Å². The van der Waals surface area contributed by atoms with Crippen molar-refractivity contribution in [2.24, 2.45) is 0 Å². The van der Waals surface area contributed by atoms with Gasteiger partial charge in [-0.1, -0.05) is 0 Å². The first-order chi connectivity index (χ1) is 16.0. The van der Waals surface area contributed by atoms with Crippen molar-refractivity contribution in [3.05, 3.63) is 55.1 Å². The third kappa shape index (κ3) is 4.27. The fraction of sp³-hybridized carbons (Fsp3) is 0.364. The van der Waals surface area contributed by atoms with E-state index in [1.54, 1.807) is 34.3 Å². The van der Waals surface area contributed by atoms with Crippen LogP contribution in [-0.4, -0.2) is 63.7 Å². The average molecular weight is 448 g/mol. The van der Waals surface area contributed by atoms with Gasteiger partial charge in [0.1, 0.15) is 11.3 Å². The molecule has 11 nitrogen and oxygen atoms in total. The predicted molar refractivity (Wildman–Crippen MR) is 121 cm³/mol. The monoisotopic (exact) mass is 447 g/mol. The van der Waals surface area contributed by atoms with Gasteiger partial charge in [0.05, 0.1) is 30.6 Å². The first-order valence-corrected chi connectivity index (χ1v) is 10.9. The van der Waals surface area contributed by atoms with E-state index >= 15 is 0 Å². The molecule has 0 spiro atoms. The lowest BCUT2D eigenvalue weighted by Crippen LogP contribution is -2.38. The summed E-state index contributed by atoms with van der Waals surface area (Å²) in [6.45, 7) is 4.43. The zero-order valence-corrected chi connectivity index (χ0v) is 18.4. The number of carbonyl (C=O) groups is 1. The van der Waals surface area contributed by atoms with E-state index < -0.39 is 12.1 Å². The number of carbonyl (C=O) groups excluding carboxylic acids is 1. The Morgan fingerprint density at radius 3 is 2.94 bits per heavy atom. The second-order valence-electron chi connectivity index (χ2n) is 8.42. The van der Waals surface area contributed by atoms with E-state index in [0.717, 1.165) is 5.52 Å². The van der Waals surface area contributed by atoms with Crippen LogP contribution in [0, 0.1) is 0 Å². The molecule has 0 bridgehead atoms. The zero-order chi connectivity index (χ0) is 22.9. The summed E-state index contributed by atoms with van der Waals surface area (Å²) in [5.74, 6) is 1.53. The van der Waals surface area contributed by atoms with E-state index in [0.29, 0.717) is 29.7 Å². The van der Waals surface area contributed by atoms with Gasteiger partial charge in [0, 0.05) is 50.0 Å². The minimum absolute atomic E-state index is 0.0616. The largest absolute Gasteiger partial charge is 0.391 e. The molecular formula is C22H25N9O2. The van der Waals surface area contributed by atoms with Gasteiger partial charge in [0.2, 0.25) is 5.95 Å². The Morgan fingerprint density at radius 1 is 1.30 bits per heavy atom. The Balaban J connectivity index is 1.45. The summed E-state index contributed by atoms with van der Waals surface area (Å²) in [6.07, 6.45) is 10.0. The summed E-state index contributed by atoms with van der Waals surface area (Å²) in [5, 5.41) is 18.2. The Kier molecular flexibility index (Phi) is 5.47. The molecule has 0 aromatic carbocycles. The summed E-state index contributed by atoms with van der Waals surface area (Å²) in [5.41, 5.74) is 1.37. The number of aromatic nitrogens is 7. The third-order valence-corrected chi connectivity index (χ3v) is 5.70. The van der Waals surface area contributed by atoms with Gasteiger partial charge in [0.15, 0.2) is 11.6 Å². The maximum atomic E-state index is 13.1. The molecule has 5 rings (SSSR count). The number of aliphatic hydroxyl groups excluding tert-OH is 1. The van der Waals surface area contributed by atoms with E-state index in [1.807, 2.05) is 29.1 Å². The molecule has 11 heteroatoms. The molecule has 0 amide bonds. The summed E-state index contributed by atoms with van der Waals surface area (Å²) in [7, 11) is 0.